The third-order valence-electron chi connectivity index (χ3n) is 4.29. The highest BCUT2D eigenvalue weighted by Crippen LogP contribution is 2.34. The minimum absolute atomic E-state index is 0.405. The van der Waals surface area contributed by atoms with E-state index in [0.29, 0.717) is 12.1 Å². The lowest BCUT2D eigenvalue weighted by Gasteiger charge is -2.23. The Kier molecular flexibility index (Phi) is 4.10. The predicted octanol–water partition coefficient (Wildman–Crippen LogP) is 3.27. The van der Waals surface area contributed by atoms with E-state index in [1.54, 1.807) is 0 Å². The van der Waals surface area contributed by atoms with Crippen molar-refractivity contribution in [3.63, 3.8) is 0 Å². The highest BCUT2D eigenvalue weighted by Gasteiger charge is 2.26. The molecule has 3 heteroatoms. The Labute approximate surface area is 111 Å². The summed E-state index contributed by atoms with van der Waals surface area (Å²) in [5.41, 5.74) is 3.83. The fraction of sp³-hybridized carbons (Fsp3) is 0.800. The number of aromatic nitrogens is 2. The minimum atomic E-state index is 0.405. The SMILES string of the molecule is CCC(CC1CC1)NC(C)c1c(C)nn(C)c1C. The van der Waals surface area contributed by atoms with Crippen molar-refractivity contribution in [3.05, 3.63) is 17.0 Å². The van der Waals surface area contributed by atoms with Crippen molar-refractivity contribution in [1.82, 2.24) is 15.1 Å². The molecule has 0 amide bonds. The van der Waals surface area contributed by atoms with E-state index in [1.165, 1.54) is 36.9 Å². The van der Waals surface area contributed by atoms with Gasteiger partial charge in [0.2, 0.25) is 0 Å². The van der Waals surface area contributed by atoms with Crippen LogP contribution in [0, 0.1) is 19.8 Å². The second-order valence-corrected chi connectivity index (χ2v) is 5.88. The van der Waals surface area contributed by atoms with E-state index >= 15 is 0 Å². The summed E-state index contributed by atoms with van der Waals surface area (Å²) >= 11 is 0. The molecule has 1 aliphatic carbocycles. The molecule has 0 radical (unpaired) electrons. The third-order valence-corrected chi connectivity index (χ3v) is 4.29. The predicted molar refractivity (Wildman–Crippen MR) is 75.7 cm³/mol. The molecule has 1 saturated carbocycles. The molecule has 1 aliphatic rings. The molecular weight excluding hydrogens is 222 g/mol. The zero-order chi connectivity index (χ0) is 13.3. The van der Waals surface area contributed by atoms with Gasteiger partial charge in [-0.15, -0.1) is 0 Å². The Morgan fingerprint density at radius 2 is 2.06 bits per heavy atom. The van der Waals surface area contributed by atoms with Crippen molar-refractivity contribution in [2.75, 3.05) is 0 Å². The third kappa shape index (κ3) is 2.94. The van der Waals surface area contributed by atoms with E-state index in [0.717, 1.165) is 11.6 Å². The van der Waals surface area contributed by atoms with Gasteiger partial charge in [-0.25, -0.2) is 0 Å². The summed E-state index contributed by atoms with van der Waals surface area (Å²) in [5, 5.41) is 8.31. The first-order valence-corrected chi connectivity index (χ1v) is 7.29. The molecule has 0 spiro atoms. The number of hydrogen-bond donors (Lipinski definition) is 1. The largest absolute Gasteiger partial charge is 0.307 e. The standard InChI is InChI=1S/C15H27N3/c1-6-14(9-13-7-8-13)16-10(2)15-11(3)17-18(5)12(15)4/h10,13-14,16H,6-9H2,1-5H3. The molecule has 1 aromatic heterocycles. The van der Waals surface area contributed by atoms with Crippen molar-refractivity contribution < 1.29 is 0 Å². The maximum Gasteiger partial charge on any atom is 0.0644 e. The molecule has 0 saturated heterocycles. The van der Waals surface area contributed by atoms with Gasteiger partial charge in [0.15, 0.2) is 0 Å². The zero-order valence-electron chi connectivity index (χ0n) is 12.5. The molecule has 18 heavy (non-hydrogen) atoms. The second-order valence-electron chi connectivity index (χ2n) is 5.88. The fourth-order valence-electron chi connectivity index (χ4n) is 2.96. The average Bonchev–Trinajstić information content (AvgIpc) is 3.07. The quantitative estimate of drug-likeness (QED) is 0.838. The molecule has 0 aromatic carbocycles. The molecule has 102 valence electrons. The zero-order valence-corrected chi connectivity index (χ0v) is 12.5. The molecule has 0 aliphatic heterocycles. The molecule has 2 rings (SSSR count). The smallest absolute Gasteiger partial charge is 0.0644 e. The molecular formula is C15H27N3. The van der Waals surface area contributed by atoms with Gasteiger partial charge >= 0.3 is 0 Å². The lowest BCUT2D eigenvalue weighted by molar-refractivity contribution is 0.402. The maximum atomic E-state index is 4.51. The van der Waals surface area contributed by atoms with Crippen LogP contribution in [0.4, 0.5) is 0 Å². The summed E-state index contributed by atoms with van der Waals surface area (Å²) in [7, 11) is 2.03. The maximum absolute atomic E-state index is 4.51. The summed E-state index contributed by atoms with van der Waals surface area (Å²) in [6, 6.07) is 1.06. The van der Waals surface area contributed by atoms with Crippen molar-refractivity contribution >= 4 is 0 Å². The van der Waals surface area contributed by atoms with E-state index in [4.69, 9.17) is 0 Å². The summed E-state index contributed by atoms with van der Waals surface area (Å²) in [5.74, 6) is 0.991. The van der Waals surface area contributed by atoms with Crippen molar-refractivity contribution in [2.24, 2.45) is 13.0 Å². The average molecular weight is 249 g/mol. The molecule has 1 aromatic rings. The first-order valence-electron chi connectivity index (χ1n) is 7.29. The van der Waals surface area contributed by atoms with Crippen molar-refractivity contribution in [3.8, 4) is 0 Å². The van der Waals surface area contributed by atoms with Gasteiger partial charge in [0.1, 0.15) is 0 Å². The van der Waals surface area contributed by atoms with E-state index in [2.05, 4.69) is 38.1 Å². The minimum Gasteiger partial charge on any atom is -0.307 e. The van der Waals surface area contributed by atoms with Crippen LogP contribution in [0.15, 0.2) is 0 Å². The van der Waals surface area contributed by atoms with E-state index in [1.807, 2.05) is 11.7 Å². The van der Waals surface area contributed by atoms with Crippen LogP contribution in [-0.2, 0) is 7.05 Å². The van der Waals surface area contributed by atoms with Crippen LogP contribution in [0.5, 0.6) is 0 Å². The van der Waals surface area contributed by atoms with Crippen LogP contribution >= 0.6 is 0 Å². The van der Waals surface area contributed by atoms with Gasteiger partial charge in [-0.2, -0.15) is 5.10 Å². The van der Waals surface area contributed by atoms with Crippen molar-refractivity contribution in [1.29, 1.82) is 0 Å². The highest BCUT2D eigenvalue weighted by atomic mass is 15.3. The summed E-state index contributed by atoms with van der Waals surface area (Å²) in [6.45, 7) is 8.83. The van der Waals surface area contributed by atoms with Crippen LogP contribution in [-0.4, -0.2) is 15.8 Å². The molecule has 2 unspecified atom stereocenters. The normalized spacial score (nSPS) is 18.9. The van der Waals surface area contributed by atoms with E-state index in [-0.39, 0.29) is 0 Å². The number of nitrogens with zero attached hydrogens (tertiary/aromatic N) is 2. The Morgan fingerprint density at radius 1 is 1.39 bits per heavy atom. The van der Waals surface area contributed by atoms with Crippen LogP contribution in [0.2, 0.25) is 0 Å². The van der Waals surface area contributed by atoms with Crippen LogP contribution in [0.25, 0.3) is 0 Å². The van der Waals surface area contributed by atoms with Gasteiger partial charge in [0.25, 0.3) is 0 Å². The van der Waals surface area contributed by atoms with Gasteiger partial charge < -0.3 is 5.32 Å². The first-order chi connectivity index (χ1) is 8.52. The van der Waals surface area contributed by atoms with Gasteiger partial charge in [0.05, 0.1) is 5.69 Å². The van der Waals surface area contributed by atoms with Crippen LogP contribution < -0.4 is 5.32 Å². The molecule has 2 atom stereocenters. The summed E-state index contributed by atoms with van der Waals surface area (Å²) in [6.07, 6.45) is 5.45. The van der Waals surface area contributed by atoms with Gasteiger partial charge in [-0.3, -0.25) is 4.68 Å². The topological polar surface area (TPSA) is 29.9 Å². The van der Waals surface area contributed by atoms with E-state index < -0.39 is 0 Å². The van der Waals surface area contributed by atoms with Crippen LogP contribution in [0.1, 0.15) is 62.5 Å². The molecule has 1 N–H and O–H groups in total. The summed E-state index contributed by atoms with van der Waals surface area (Å²) in [4.78, 5) is 0. The highest BCUT2D eigenvalue weighted by molar-refractivity contribution is 5.27. The van der Waals surface area contributed by atoms with Crippen molar-refractivity contribution in [2.45, 2.75) is 65.5 Å². The fourth-order valence-corrected chi connectivity index (χ4v) is 2.96. The summed E-state index contributed by atoms with van der Waals surface area (Å²) < 4.78 is 1.99. The Bertz CT molecular complexity index is 404. The number of rotatable bonds is 6. The molecule has 3 nitrogen and oxygen atoms in total. The first kappa shape index (κ1) is 13.6. The van der Waals surface area contributed by atoms with Crippen LogP contribution in [0.3, 0.4) is 0 Å². The monoisotopic (exact) mass is 249 g/mol. The second kappa shape index (κ2) is 5.43. The Hall–Kier alpha value is -0.830. The Morgan fingerprint density at radius 3 is 2.50 bits per heavy atom. The van der Waals surface area contributed by atoms with Gasteiger partial charge in [-0.1, -0.05) is 19.8 Å². The lowest BCUT2D eigenvalue weighted by atomic mass is 10.0. The Balaban J connectivity index is 2.02. The molecule has 1 heterocycles. The lowest BCUT2D eigenvalue weighted by Crippen LogP contribution is -2.32. The number of nitrogens with one attached hydrogen (secondary N) is 1. The molecule has 1 fully saturated rings. The number of hydrogen-bond acceptors (Lipinski definition) is 2. The molecule has 0 bridgehead atoms. The van der Waals surface area contributed by atoms with Gasteiger partial charge in [-0.05, 0) is 39.5 Å². The van der Waals surface area contributed by atoms with E-state index in [9.17, 15) is 0 Å². The number of aryl methyl sites for hydroxylation is 2. The van der Waals surface area contributed by atoms with Gasteiger partial charge in [0, 0.05) is 30.4 Å².